The molecular weight excluding hydrogens is 230 g/mol. The minimum absolute atomic E-state index is 0.130. The number of benzene rings is 1. The first kappa shape index (κ1) is 12.5. The highest BCUT2D eigenvalue weighted by Crippen LogP contribution is 2.31. The van der Waals surface area contributed by atoms with Crippen molar-refractivity contribution in [3.8, 4) is 0 Å². The van der Waals surface area contributed by atoms with E-state index in [2.05, 4.69) is 0 Å². The molecule has 0 bridgehead atoms. The van der Waals surface area contributed by atoms with Crippen LogP contribution in [-0.2, 0) is 14.4 Å². The molecule has 1 saturated heterocycles. The van der Waals surface area contributed by atoms with E-state index in [4.69, 9.17) is 0 Å². The van der Waals surface area contributed by atoms with E-state index in [1.54, 1.807) is 24.3 Å². The van der Waals surface area contributed by atoms with Gasteiger partial charge in [0.2, 0.25) is 11.8 Å². The number of nitrogens with zero attached hydrogens (tertiary/aromatic N) is 1. The number of carbonyl (C=O) groups excluding carboxylic acids is 3. The first-order valence-electron chi connectivity index (χ1n) is 6.06. The van der Waals surface area contributed by atoms with Crippen molar-refractivity contribution in [2.24, 2.45) is 11.8 Å². The van der Waals surface area contributed by atoms with E-state index in [1.165, 1.54) is 4.90 Å². The summed E-state index contributed by atoms with van der Waals surface area (Å²) in [6.07, 6.45) is 1.49. The lowest BCUT2D eigenvalue weighted by molar-refractivity contribution is -0.125. The van der Waals surface area contributed by atoms with Gasteiger partial charge in [-0.05, 0) is 18.6 Å². The van der Waals surface area contributed by atoms with Gasteiger partial charge in [-0.3, -0.25) is 14.5 Å². The van der Waals surface area contributed by atoms with Gasteiger partial charge in [-0.2, -0.15) is 0 Å². The third kappa shape index (κ3) is 2.06. The fraction of sp³-hybridized carbons (Fsp3) is 0.357. The summed E-state index contributed by atoms with van der Waals surface area (Å²) < 4.78 is 0. The van der Waals surface area contributed by atoms with Crippen LogP contribution in [0.1, 0.15) is 19.8 Å². The van der Waals surface area contributed by atoms with Crippen LogP contribution in [0.2, 0.25) is 0 Å². The average molecular weight is 245 g/mol. The molecule has 1 aliphatic rings. The molecule has 0 aromatic heterocycles. The number of para-hydroxylation sites is 1. The molecule has 1 fully saturated rings. The Morgan fingerprint density at radius 2 is 2.00 bits per heavy atom. The summed E-state index contributed by atoms with van der Waals surface area (Å²) in [5, 5.41) is 0. The first-order valence-corrected chi connectivity index (χ1v) is 6.06. The van der Waals surface area contributed by atoms with Gasteiger partial charge in [0, 0.05) is 12.3 Å². The van der Waals surface area contributed by atoms with Crippen LogP contribution < -0.4 is 4.90 Å². The third-order valence-corrected chi connectivity index (χ3v) is 3.36. The predicted octanol–water partition coefficient (Wildman–Crippen LogP) is 1.79. The topological polar surface area (TPSA) is 54.5 Å². The third-order valence-electron chi connectivity index (χ3n) is 3.36. The van der Waals surface area contributed by atoms with Gasteiger partial charge in [0.1, 0.15) is 6.29 Å². The molecule has 1 aliphatic heterocycles. The van der Waals surface area contributed by atoms with Crippen molar-refractivity contribution < 1.29 is 14.4 Å². The Hall–Kier alpha value is -1.97. The summed E-state index contributed by atoms with van der Waals surface area (Å²) >= 11 is 0. The minimum Gasteiger partial charge on any atom is -0.303 e. The second-order valence-corrected chi connectivity index (χ2v) is 4.42. The molecule has 1 unspecified atom stereocenters. The highest BCUT2D eigenvalue weighted by Gasteiger charge is 2.42. The van der Waals surface area contributed by atoms with Gasteiger partial charge in [0.15, 0.2) is 0 Å². The van der Waals surface area contributed by atoms with E-state index in [9.17, 15) is 14.4 Å². The molecule has 2 amide bonds. The summed E-state index contributed by atoms with van der Waals surface area (Å²) in [5.41, 5.74) is 0.579. The van der Waals surface area contributed by atoms with Gasteiger partial charge < -0.3 is 4.79 Å². The van der Waals surface area contributed by atoms with Crippen LogP contribution in [0.25, 0.3) is 0 Å². The molecule has 18 heavy (non-hydrogen) atoms. The molecule has 0 N–H and O–H groups in total. The maximum absolute atomic E-state index is 12.2. The van der Waals surface area contributed by atoms with E-state index in [1.807, 2.05) is 13.0 Å². The number of anilines is 1. The quantitative estimate of drug-likeness (QED) is 0.600. The van der Waals surface area contributed by atoms with Crippen LogP contribution in [-0.4, -0.2) is 18.1 Å². The first-order chi connectivity index (χ1) is 8.69. The van der Waals surface area contributed by atoms with Crippen LogP contribution in [0.5, 0.6) is 0 Å². The fourth-order valence-electron chi connectivity index (χ4n) is 2.31. The summed E-state index contributed by atoms with van der Waals surface area (Å²) in [6, 6.07) is 8.83. The Kier molecular flexibility index (Phi) is 3.55. The molecule has 1 aromatic rings. The van der Waals surface area contributed by atoms with Crippen LogP contribution in [0.3, 0.4) is 0 Å². The minimum atomic E-state index is -0.500. The Morgan fingerprint density at radius 1 is 1.33 bits per heavy atom. The normalized spacial score (nSPS) is 21.2. The second kappa shape index (κ2) is 5.12. The Labute approximate surface area is 106 Å². The van der Waals surface area contributed by atoms with Gasteiger partial charge in [-0.15, -0.1) is 0 Å². The zero-order valence-electron chi connectivity index (χ0n) is 10.2. The molecule has 0 saturated carbocycles. The van der Waals surface area contributed by atoms with Crippen molar-refractivity contribution in [2.45, 2.75) is 19.8 Å². The zero-order chi connectivity index (χ0) is 13.1. The molecule has 2 rings (SSSR count). The largest absolute Gasteiger partial charge is 0.303 e. The number of rotatable bonds is 4. The Balaban J connectivity index is 2.28. The Bertz CT molecular complexity index is 469. The molecule has 0 aliphatic carbocycles. The van der Waals surface area contributed by atoms with Gasteiger partial charge in [0.25, 0.3) is 0 Å². The molecule has 4 nitrogen and oxygen atoms in total. The molecular formula is C14H15NO3. The number of carbonyl (C=O) groups is 3. The predicted molar refractivity (Wildman–Crippen MR) is 66.9 cm³/mol. The van der Waals surface area contributed by atoms with Crippen molar-refractivity contribution in [2.75, 3.05) is 4.90 Å². The van der Waals surface area contributed by atoms with E-state index < -0.39 is 5.92 Å². The van der Waals surface area contributed by atoms with Crippen LogP contribution in [0.4, 0.5) is 5.69 Å². The van der Waals surface area contributed by atoms with Crippen LogP contribution in [0.15, 0.2) is 30.3 Å². The highest BCUT2D eigenvalue weighted by molar-refractivity contribution is 6.21. The molecule has 0 radical (unpaired) electrons. The molecule has 2 atom stereocenters. The maximum Gasteiger partial charge on any atom is 0.238 e. The fourth-order valence-corrected chi connectivity index (χ4v) is 2.31. The summed E-state index contributed by atoms with van der Waals surface area (Å²) in [6.45, 7) is 1.85. The van der Waals surface area contributed by atoms with Gasteiger partial charge >= 0.3 is 0 Å². The van der Waals surface area contributed by atoms with E-state index in [0.29, 0.717) is 12.1 Å². The molecule has 1 heterocycles. The van der Waals surface area contributed by atoms with Crippen molar-refractivity contribution in [3.05, 3.63) is 30.3 Å². The lowest BCUT2D eigenvalue weighted by Crippen LogP contribution is -2.32. The lowest BCUT2D eigenvalue weighted by Gasteiger charge is -2.16. The summed E-state index contributed by atoms with van der Waals surface area (Å²) in [7, 11) is 0. The van der Waals surface area contributed by atoms with Crippen molar-refractivity contribution in [1.82, 2.24) is 0 Å². The molecule has 0 spiro atoms. The summed E-state index contributed by atoms with van der Waals surface area (Å²) in [4.78, 5) is 36.3. The standard InChI is InChI=1S/C14H15NO3/c1-2-10(9-16)12-8-13(17)15(14(12)18)11-6-4-3-5-7-11/h3-7,9-10,12H,2,8H2,1H3/t10?,12-/m0/s1. The lowest BCUT2D eigenvalue weighted by atomic mass is 9.90. The van der Waals surface area contributed by atoms with Crippen molar-refractivity contribution in [1.29, 1.82) is 0 Å². The Morgan fingerprint density at radius 3 is 2.56 bits per heavy atom. The number of imide groups is 1. The van der Waals surface area contributed by atoms with Crippen LogP contribution in [0, 0.1) is 11.8 Å². The van der Waals surface area contributed by atoms with E-state index >= 15 is 0 Å². The smallest absolute Gasteiger partial charge is 0.238 e. The number of hydrogen-bond donors (Lipinski definition) is 0. The van der Waals surface area contributed by atoms with Crippen molar-refractivity contribution >= 4 is 23.8 Å². The van der Waals surface area contributed by atoms with E-state index in [0.717, 1.165) is 6.29 Å². The number of aldehydes is 1. The summed E-state index contributed by atoms with van der Waals surface area (Å²) in [5.74, 6) is -1.35. The van der Waals surface area contributed by atoms with Crippen molar-refractivity contribution in [3.63, 3.8) is 0 Å². The number of hydrogen-bond acceptors (Lipinski definition) is 3. The monoisotopic (exact) mass is 245 g/mol. The number of amides is 2. The second-order valence-electron chi connectivity index (χ2n) is 4.42. The van der Waals surface area contributed by atoms with Crippen LogP contribution >= 0.6 is 0 Å². The van der Waals surface area contributed by atoms with Gasteiger partial charge in [-0.25, -0.2) is 0 Å². The molecule has 1 aromatic carbocycles. The highest BCUT2D eigenvalue weighted by atomic mass is 16.2. The SMILES string of the molecule is CCC(C=O)[C@@H]1CC(=O)N(c2ccccc2)C1=O. The van der Waals surface area contributed by atoms with Gasteiger partial charge in [-0.1, -0.05) is 25.1 Å². The van der Waals surface area contributed by atoms with E-state index in [-0.39, 0.29) is 24.2 Å². The molecule has 4 heteroatoms. The van der Waals surface area contributed by atoms with Gasteiger partial charge in [0.05, 0.1) is 11.6 Å². The maximum atomic E-state index is 12.2. The molecule has 94 valence electrons. The zero-order valence-corrected chi connectivity index (χ0v) is 10.2. The average Bonchev–Trinajstić information content (AvgIpc) is 2.68.